The van der Waals surface area contributed by atoms with Crippen LogP contribution in [0.5, 0.6) is 0 Å². The zero-order valence-corrected chi connectivity index (χ0v) is 13.4. The molecular weight excluding hydrogens is 321 g/mol. The first kappa shape index (κ1) is 17.0. The molecule has 122 valence electrons. The zero-order valence-electron chi connectivity index (χ0n) is 12.6. The molecule has 5 nitrogen and oxygen atoms in total. The van der Waals surface area contributed by atoms with Gasteiger partial charge in [0.1, 0.15) is 11.9 Å². The molecule has 0 fully saturated rings. The second-order valence-electron chi connectivity index (χ2n) is 4.97. The van der Waals surface area contributed by atoms with Gasteiger partial charge in [0.15, 0.2) is 0 Å². The van der Waals surface area contributed by atoms with Crippen molar-refractivity contribution in [1.29, 1.82) is 0 Å². The van der Waals surface area contributed by atoms with Crippen LogP contribution in [0.2, 0.25) is 0 Å². The molecule has 0 bridgehead atoms. The maximum atomic E-state index is 13.2. The van der Waals surface area contributed by atoms with E-state index in [-0.39, 0.29) is 10.7 Å². The second kappa shape index (κ2) is 6.78. The smallest absolute Gasteiger partial charge is 0.421 e. The van der Waals surface area contributed by atoms with E-state index < -0.39 is 22.2 Å². The van der Waals surface area contributed by atoms with Gasteiger partial charge in [-0.1, -0.05) is 24.3 Å². The van der Waals surface area contributed by atoms with Crippen LogP contribution in [0.25, 0.3) is 0 Å². The van der Waals surface area contributed by atoms with Gasteiger partial charge in [-0.25, -0.2) is 22.3 Å². The number of ether oxygens (including phenoxy) is 1. The molecule has 0 saturated heterocycles. The summed E-state index contributed by atoms with van der Waals surface area (Å²) in [4.78, 5) is 11.7. The fourth-order valence-corrected chi connectivity index (χ4v) is 2.84. The summed E-state index contributed by atoms with van der Waals surface area (Å²) in [6.45, 7) is 3.16. The summed E-state index contributed by atoms with van der Waals surface area (Å²) in [6, 6.07) is 11.8. The lowest BCUT2D eigenvalue weighted by atomic mass is 10.1. The molecule has 0 aliphatic heterocycles. The number of hydrogen-bond donors (Lipinski definition) is 1. The molecule has 1 unspecified atom stereocenters. The van der Waals surface area contributed by atoms with Gasteiger partial charge in [0, 0.05) is 0 Å². The Bertz CT molecular complexity index is 806. The van der Waals surface area contributed by atoms with Gasteiger partial charge in [0.25, 0.3) is 10.0 Å². The van der Waals surface area contributed by atoms with Crippen molar-refractivity contribution in [2.75, 3.05) is 0 Å². The van der Waals surface area contributed by atoms with Crippen LogP contribution in [0.3, 0.4) is 0 Å². The Morgan fingerprint density at radius 1 is 1.17 bits per heavy atom. The average Bonchev–Trinajstić information content (AvgIpc) is 2.50. The molecular formula is C16H16FNO4S. The van der Waals surface area contributed by atoms with Crippen molar-refractivity contribution in [1.82, 2.24) is 4.72 Å². The standard InChI is InChI=1S/C16H16FNO4S/c1-11-10-13(8-9-15(11)17)12(2)22-16(19)18-23(20,21)14-6-4-3-5-7-14/h3-10,12H,1-2H3,(H,18,19). The minimum absolute atomic E-state index is 0.0396. The summed E-state index contributed by atoms with van der Waals surface area (Å²) in [5.41, 5.74) is 0.978. The summed E-state index contributed by atoms with van der Waals surface area (Å²) < 4.78 is 44.1. The number of benzene rings is 2. The first-order valence-corrected chi connectivity index (χ1v) is 8.32. The number of amides is 1. The van der Waals surface area contributed by atoms with Crippen molar-refractivity contribution in [3.8, 4) is 0 Å². The maximum Gasteiger partial charge on any atom is 0.421 e. The molecule has 0 spiro atoms. The summed E-state index contributed by atoms with van der Waals surface area (Å²) in [7, 11) is -3.99. The highest BCUT2D eigenvalue weighted by Gasteiger charge is 2.20. The van der Waals surface area contributed by atoms with Crippen molar-refractivity contribution in [3.05, 3.63) is 65.5 Å². The van der Waals surface area contributed by atoms with E-state index >= 15 is 0 Å². The molecule has 0 aliphatic rings. The Balaban J connectivity index is 2.05. The van der Waals surface area contributed by atoms with Gasteiger partial charge in [-0.3, -0.25) is 0 Å². The van der Waals surface area contributed by atoms with Crippen LogP contribution in [0.15, 0.2) is 53.4 Å². The minimum atomic E-state index is -3.99. The van der Waals surface area contributed by atoms with E-state index in [0.717, 1.165) is 0 Å². The number of halogens is 1. The molecule has 0 heterocycles. The molecule has 0 aromatic heterocycles. The summed E-state index contributed by atoms with van der Waals surface area (Å²) in [6.07, 6.45) is -1.82. The van der Waals surface area contributed by atoms with E-state index in [1.807, 2.05) is 4.72 Å². The van der Waals surface area contributed by atoms with E-state index in [1.165, 1.54) is 24.3 Å². The monoisotopic (exact) mass is 337 g/mol. The third-order valence-corrected chi connectivity index (χ3v) is 4.53. The van der Waals surface area contributed by atoms with Crippen molar-refractivity contribution in [2.45, 2.75) is 24.8 Å². The first-order chi connectivity index (χ1) is 10.8. The Morgan fingerprint density at radius 3 is 2.43 bits per heavy atom. The van der Waals surface area contributed by atoms with Gasteiger partial charge >= 0.3 is 6.09 Å². The van der Waals surface area contributed by atoms with Crippen LogP contribution in [0, 0.1) is 12.7 Å². The number of sulfonamides is 1. The van der Waals surface area contributed by atoms with Gasteiger partial charge in [-0.05, 0) is 49.2 Å². The summed E-state index contributed by atoms with van der Waals surface area (Å²) in [5.74, 6) is -0.364. The molecule has 0 radical (unpaired) electrons. The van der Waals surface area contributed by atoms with Gasteiger partial charge in [0.2, 0.25) is 0 Å². The molecule has 7 heteroatoms. The number of carbonyl (C=O) groups excluding carboxylic acids is 1. The van der Waals surface area contributed by atoms with Crippen LogP contribution < -0.4 is 4.72 Å². The molecule has 2 aromatic rings. The number of nitrogens with one attached hydrogen (secondary N) is 1. The quantitative estimate of drug-likeness (QED) is 0.929. The van der Waals surface area contributed by atoms with Crippen LogP contribution in [-0.4, -0.2) is 14.5 Å². The summed E-state index contributed by atoms with van der Waals surface area (Å²) in [5, 5.41) is 0. The van der Waals surface area contributed by atoms with Gasteiger partial charge < -0.3 is 4.74 Å². The largest absolute Gasteiger partial charge is 0.441 e. The Morgan fingerprint density at radius 2 is 1.83 bits per heavy atom. The lowest BCUT2D eigenvalue weighted by molar-refractivity contribution is 0.112. The number of rotatable bonds is 4. The highest BCUT2D eigenvalue weighted by Crippen LogP contribution is 2.20. The molecule has 2 aromatic carbocycles. The Labute approximate surface area is 134 Å². The number of hydrogen-bond acceptors (Lipinski definition) is 4. The first-order valence-electron chi connectivity index (χ1n) is 6.84. The highest BCUT2D eigenvalue weighted by molar-refractivity contribution is 7.90. The second-order valence-corrected chi connectivity index (χ2v) is 6.66. The fourth-order valence-electron chi connectivity index (χ4n) is 1.94. The van der Waals surface area contributed by atoms with Gasteiger partial charge in [0.05, 0.1) is 4.90 Å². The van der Waals surface area contributed by atoms with Crippen molar-refractivity contribution in [2.24, 2.45) is 0 Å². The third-order valence-electron chi connectivity index (χ3n) is 3.21. The topological polar surface area (TPSA) is 72.5 Å². The predicted octanol–water partition coefficient (Wildman–Crippen LogP) is 3.31. The van der Waals surface area contributed by atoms with Gasteiger partial charge in [-0.2, -0.15) is 0 Å². The Kier molecular flexibility index (Phi) is 5.00. The number of aryl methyl sites for hydroxylation is 1. The van der Waals surface area contributed by atoms with Crippen molar-refractivity contribution >= 4 is 16.1 Å². The third kappa shape index (κ3) is 4.29. The molecule has 0 aliphatic carbocycles. The maximum absolute atomic E-state index is 13.2. The fraction of sp³-hybridized carbons (Fsp3) is 0.188. The number of carbonyl (C=O) groups is 1. The van der Waals surface area contributed by atoms with Gasteiger partial charge in [-0.15, -0.1) is 0 Å². The van der Waals surface area contributed by atoms with E-state index in [4.69, 9.17) is 4.74 Å². The van der Waals surface area contributed by atoms with Crippen LogP contribution in [0.4, 0.5) is 9.18 Å². The normalized spacial score (nSPS) is 12.5. The Hall–Kier alpha value is -2.41. The van der Waals surface area contributed by atoms with Crippen LogP contribution in [-0.2, 0) is 14.8 Å². The van der Waals surface area contributed by atoms with Crippen LogP contribution in [0.1, 0.15) is 24.2 Å². The highest BCUT2D eigenvalue weighted by atomic mass is 32.2. The van der Waals surface area contributed by atoms with E-state index in [2.05, 4.69) is 0 Å². The van der Waals surface area contributed by atoms with E-state index in [1.54, 1.807) is 38.1 Å². The van der Waals surface area contributed by atoms with Crippen LogP contribution >= 0.6 is 0 Å². The molecule has 23 heavy (non-hydrogen) atoms. The molecule has 0 saturated carbocycles. The average molecular weight is 337 g/mol. The lowest BCUT2D eigenvalue weighted by Gasteiger charge is -2.15. The van der Waals surface area contributed by atoms with Crippen molar-refractivity contribution < 1.29 is 22.3 Å². The van der Waals surface area contributed by atoms with E-state index in [9.17, 15) is 17.6 Å². The van der Waals surface area contributed by atoms with Crippen molar-refractivity contribution in [3.63, 3.8) is 0 Å². The summed E-state index contributed by atoms with van der Waals surface area (Å²) >= 11 is 0. The minimum Gasteiger partial charge on any atom is -0.441 e. The molecule has 2 rings (SSSR count). The predicted molar refractivity (Wildman–Crippen MR) is 82.8 cm³/mol. The van der Waals surface area contributed by atoms with E-state index in [0.29, 0.717) is 11.1 Å². The SMILES string of the molecule is Cc1cc(C(C)OC(=O)NS(=O)(=O)c2ccccc2)ccc1F. The molecule has 1 atom stereocenters. The molecule has 1 N–H and O–H groups in total. The lowest BCUT2D eigenvalue weighted by Crippen LogP contribution is -2.31. The zero-order chi connectivity index (χ0) is 17.0. The molecule has 1 amide bonds.